The van der Waals surface area contributed by atoms with Crippen LogP contribution in [0, 0.1) is 5.92 Å². The van der Waals surface area contributed by atoms with Crippen LogP contribution in [0.2, 0.25) is 0 Å². The lowest BCUT2D eigenvalue weighted by Crippen LogP contribution is -2.27. The zero-order valence-corrected chi connectivity index (χ0v) is 9.19. The highest BCUT2D eigenvalue weighted by Gasteiger charge is 2.47. The number of halogens is 3. The molecule has 0 aliphatic heterocycles. The van der Waals surface area contributed by atoms with Gasteiger partial charge < -0.3 is 4.74 Å². The van der Waals surface area contributed by atoms with E-state index in [1.807, 2.05) is 13.8 Å². The Balaban J connectivity index is 3.78. The highest BCUT2D eigenvalue weighted by atomic mass is 32.2. The first-order chi connectivity index (χ1) is 6.67. The van der Waals surface area contributed by atoms with Crippen LogP contribution in [0.1, 0.15) is 13.8 Å². The molecule has 15 heavy (non-hydrogen) atoms. The molecule has 92 valence electrons. The number of alkyl halides is 3. The lowest BCUT2D eigenvalue weighted by atomic mass is 10.2. The van der Waals surface area contributed by atoms with E-state index in [4.69, 9.17) is 4.74 Å². The highest BCUT2D eigenvalue weighted by molar-refractivity contribution is 7.87. The van der Waals surface area contributed by atoms with Crippen molar-refractivity contribution in [3.05, 3.63) is 0 Å². The van der Waals surface area contributed by atoms with E-state index < -0.39 is 22.2 Å². The predicted molar refractivity (Wildman–Crippen MR) is 46.6 cm³/mol. The van der Waals surface area contributed by atoms with E-state index >= 15 is 0 Å². The van der Waals surface area contributed by atoms with E-state index in [1.54, 1.807) is 0 Å². The molecule has 0 aliphatic rings. The number of ether oxygens (including phenoxy) is 1. The first-order valence-corrected chi connectivity index (χ1v) is 5.61. The van der Waals surface area contributed by atoms with Gasteiger partial charge in [-0.15, -0.1) is 0 Å². The van der Waals surface area contributed by atoms with Gasteiger partial charge in [-0.1, -0.05) is 13.8 Å². The fourth-order valence-corrected chi connectivity index (χ4v) is 1.01. The van der Waals surface area contributed by atoms with Crippen LogP contribution in [0.5, 0.6) is 0 Å². The van der Waals surface area contributed by atoms with Gasteiger partial charge in [0.25, 0.3) is 0 Å². The zero-order valence-electron chi connectivity index (χ0n) is 8.37. The maximum atomic E-state index is 11.7. The summed E-state index contributed by atoms with van der Waals surface area (Å²) in [6.07, 6.45) is 0. The van der Waals surface area contributed by atoms with Gasteiger partial charge in [0.2, 0.25) is 0 Å². The van der Waals surface area contributed by atoms with Gasteiger partial charge in [-0.25, -0.2) is 0 Å². The van der Waals surface area contributed by atoms with Crippen LogP contribution in [0.15, 0.2) is 0 Å². The molecule has 0 bridgehead atoms. The molecule has 0 heterocycles. The molecule has 8 heteroatoms. The normalized spacial score (nSPS) is 13.5. The molecule has 0 amide bonds. The lowest BCUT2D eigenvalue weighted by molar-refractivity contribution is -0.0557. The van der Waals surface area contributed by atoms with Crippen molar-refractivity contribution in [2.24, 2.45) is 5.92 Å². The van der Waals surface area contributed by atoms with Gasteiger partial charge in [-0.3, -0.25) is 4.18 Å². The van der Waals surface area contributed by atoms with Gasteiger partial charge in [-0.2, -0.15) is 21.6 Å². The molecule has 0 rings (SSSR count). The van der Waals surface area contributed by atoms with Crippen molar-refractivity contribution in [2.45, 2.75) is 19.4 Å². The van der Waals surface area contributed by atoms with Crippen molar-refractivity contribution in [3.63, 3.8) is 0 Å². The summed E-state index contributed by atoms with van der Waals surface area (Å²) < 4.78 is 64.4. The first-order valence-electron chi connectivity index (χ1n) is 4.20. The van der Waals surface area contributed by atoms with E-state index in [0.717, 1.165) is 0 Å². The molecule has 0 aromatic rings. The molecular formula is C7H13F3O4S. The van der Waals surface area contributed by atoms with Crippen LogP contribution >= 0.6 is 0 Å². The zero-order chi connectivity index (χ0) is 12.1. The fraction of sp³-hybridized carbons (Fsp3) is 1.00. The van der Waals surface area contributed by atoms with Gasteiger partial charge in [0.15, 0.2) is 0 Å². The predicted octanol–water partition coefficient (Wildman–Crippen LogP) is 1.53. The Bertz CT molecular complexity index is 270. The van der Waals surface area contributed by atoms with E-state index in [9.17, 15) is 21.6 Å². The van der Waals surface area contributed by atoms with Gasteiger partial charge in [0.05, 0.1) is 13.2 Å². The van der Waals surface area contributed by atoms with E-state index in [-0.39, 0.29) is 12.5 Å². The monoisotopic (exact) mass is 250 g/mol. The van der Waals surface area contributed by atoms with Crippen molar-refractivity contribution >= 4 is 10.1 Å². The molecular weight excluding hydrogens is 237 g/mol. The molecule has 0 N–H and O–H groups in total. The second-order valence-corrected chi connectivity index (χ2v) is 4.80. The van der Waals surface area contributed by atoms with Crippen molar-refractivity contribution in [3.8, 4) is 0 Å². The van der Waals surface area contributed by atoms with Crippen molar-refractivity contribution in [2.75, 3.05) is 19.8 Å². The average molecular weight is 250 g/mol. The van der Waals surface area contributed by atoms with Gasteiger partial charge in [0, 0.05) is 6.61 Å². The highest BCUT2D eigenvalue weighted by Crippen LogP contribution is 2.24. The summed E-state index contributed by atoms with van der Waals surface area (Å²) in [5.41, 5.74) is -5.37. The SMILES string of the molecule is CC(C)COCCOS(=O)(=O)C(F)(F)F. The molecule has 0 aromatic heterocycles. The maximum Gasteiger partial charge on any atom is 0.523 e. The lowest BCUT2D eigenvalue weighted by Gasteiger charge is -2.09. The first kappa shape index (κ1) is 14.7. The van der Waals surface area contributed by atoms with E-state index in [2.05, 4.69) is 4.18 Å². The molecule has 0 unspecified atom stereocenters. The molecule has 0 radical (unpaired) electrons. The minimum absolute atomic E-state index is 0.187. The summed E-state index contributed by atoms with van der Waals surface area (Å²) in [7, 11) is -5.48. The molecule has 0 saturated heterocycles. The standard InChI is InChI=1S/C7H13F3O4S/c1-6(2)5-13-3-4-14-15(11,12)7(8,9)10/h6H,3-5H2,1-2H3. The third kappa shape index (κ3) is 5.95. The third-order valence-corrected chi connectivity index (χ3v) is 2.24. The van der Waals surface area contributed by atoms with Gasteiger partial charge in [-0.05, 0) is 5.92 Å². The largest absolute Gasteiger partial charge is 0.523 e. The average Bonchev–Trinajstić information content (AvgIpc) is 2.00. The van der Waals surface area contributed by atoms with Crippen molar-refractivity contribution < 1.29 is 30.5 Å². The summed E-state index contributed by atoms with van der Waals surface area (Å²) in [5.74, 6) is 0.226. The second-order valence-electron chi connectivity index (χ2n) is 3.19. The Morgan fingerprint density at radius 3 is 2.13 bits per heavy atom. The minimum atomic E-state index is -5.48. The quantitative estimate of drug-likeness (QED) is 0.407. The molecule has 0 aromatic carbocycles. The van der Waals surface area contributed by atoms with Crippen molar-refractivity contribution in [1.82, 2.24) is 0 Å². The van der Waals surface area contributed by atoms with Crippen LogP contribution in [0.3, 0.4) is 0 Å². The Morgan fingerprint density at radius 1 is 1.20 bits per heavy atom. The maximum absolute atomic E-state index is 11.7. The molecule has 0 saturated carbocycles. The van der Waals surface area contributed by atoms with Crippen LogP contribution in [0.25, 0.3) is 0 Å². The summed E-state index contributed by atoms with van der Waals surface area (Å²) in [5, 5.41) is 0. The minimum Gasteiger partial charge on any atom is -0.379 e. The molecule has 0 spiro atoms. The smallest absolute Gasteiger partial charge is 0.379 e. The Hall–Kier alpha value is -0.340. The Labute approximate surface area is 86.5 Å². The summed E-state index contributed by atoms with van der Waals surface area (Å²) in [6, 6.07) is 0. The number of hydrogen-bond acceptors (Lipinski definition) is 4. The summed E-state index contributed by atoms with van der Waals surface area (Å²) in [4.78, 5) is 0. The van der Waals surface area contributed by atoms with Crippen LogP contribution < -0.4 is 0 Å². The van der Waals surface area contributed by atoms with Crippen molar-refractivity contribution in [1.29, 1.82) is 0 Å². The number of hydrogen-bond donors (Lipinski definition) is 0. The molecule has 0 atom stereocenters. The number of rotatable bonds is 6. The van der Waals surface area contributed by atoms with Crippen LogP contribution in [-0.4, -0.2) is 33.7 Å². The Morgan fingerprint density at radius 2 is 1.73 bits per heavy atom. The second kappa shape index (κ2) is 5.66. The molecule has 0 fully saturated rings. The van der Waals surface area contributed by atoms with Crippen LogP contribution in [0.4, 0.5) is 13.2 Å². The summed E-state index contributed by atoms with van der Waals surface area (Å²) in [6.45, 7) is 3.23. The topological polar surface area (TPSA) is 52.6 Å². The fourth-order valence-electron chi connectivity index (χ4n) is 0.589. The van der Waals surface area contributed by atoms with Gasteiger partial charge in [0.1, 0.15) is 0 Å². The molecule has 4 nitrogen and oxygen atoms in total. The summed E-state index contributed by atoms with van der Waals surface area (Å²) >= 11 is 0. The molecule has 0 aliphatic carbocycles. The third-order valence-electron chi connectivity index (χ3n) is 1.20. The van der Waals surface area contributed by atoms with Gasteiger partial charge >= 0.3 is 15.6 Å². The van der Waals surface area contributed by atoms with Crippen LogP contribution in [-0.2, 0) is 19.0 Å². The Kier molecular flexibility index (Phi) is 5.54. The van der Waals surface area contributed by atoms with E-state index in [0.29, 0.717) is 6.61 Å². The van der Waals surface area contributed by atoms with E-state index in [1.165, 1.54) is 0 Å².